The SMILES string of the molecule is CC1CN(Cc2c(F)ccc(F)c2F)CC(C)N1C(=O)c1ccc(NS(=O)(=O)c2ccc(N)cc2-c2cccc3cccnc23)cc1. The topological polar surface area (TPSA) is 109 Å². The number of aromatic nitrogens is 1. The van der Waals surface area contributed by atoms with Crippen molar-refractivity contribution in [3.8, 4) is 11.1 Å². The molecular formula is C35H32F3N5O3S. The molecule has 47 heavy (non-hydrogen) atoms. The molecule has 3 N–H and O–H groups in total. The molecule has 0 radical (unpaired) electrons. The quantitative estimate of drug-likeness (QED) is 0.154. The number of pyridine rings is 1. The van der Waals surface area contributed by atoms with Gasteiger partial charge in [0.2, 0.25) is 0 Å². The highest BCUT2D eigenvalue weighted by Crippen LogP contribution is 2.34. The summed E-state index contributed by atoms with van der Waals surface area (Å²) in [6, 6.07) is 20.9. The lowest BCUT2D eigenvalue weighted by molar-refractivity contribution is 0.0262. The van der Waals surface area contributed by atoms with E-state index in [4.69, 9.17) is 5.73 Å². The van der Waals surface area contributed by atoms with E-state index in [2.05, 4.69) is 9.71 Å². The summed E-state index contributed by atoms with van der Waals surface area (Å²) in [6.45, 7) is 4.17. The van der Waals surface area contributed by atoms with E-state index in [0.29, 0.717) is 41.0 Å². The molecule has 1 amide bonds. The summed E-state index contributed by atoms with van der Waals surface area (Å²) in [7, 11) is -4.10. The van der Waals surface area contributed by atoms with Crippen molar-refractivity contribution < 1.29 is 26.4 Å². The monoisotopic (exact) mass is 659 g/mol. The van der Waals surface area contributed by atoms with Gasteiger partial charge in [-0.3, -0.25) is 19.4 Å². The number of anilines is 2. The first kappa shape index (κ1) is 32.0. The number of piperazine rings is 1. The Morgan fingerprint density at radius 3 is 2.30 bits per heavy atom. The minimum absolute atomic E-state index is 0.0172. The molecule has 0 spiro atoms. The first-order valence-corrected chi connectivity index (χ1v) is 16.4. The molecule has 2 heterocycles. The van der Waals surface area contributed by atoms with Crippen LogP contribution in [0, 0.1) is 17.5 Å². The average molecular weight is 660 g/mol. The zero-order valence-electron chi connectivity index (χ0n) is 25.6. The molecule has 1 aliphatic heterocycles. The van der Waals surface area contributed by atoms with E-state index in [1.54, 1.807) is 46.3 Å². The van der Waals surface area contributed by atoms with Crippen LogP contribution >= 0.6 is 0 Å². The van der Waals surface area contributed by atoms with Gasteiger partial charge in [-0.2, -0.15) is 0 Å². The van der Waals surface area contributed by atoms with Crippen LogP contribution in [0.3, 0.4) is 0 Å². The number of para-hydroxylation sites is 1. The second kappa shape index (κ2) is 12.7. The van der Waals surface area contributed by atoms with Gasteiger partial charge in [-0.15, -0.1) is 0 Å². The number of halogens is 3. The smallest absolute Gasteiger partial charge is 0.262 e. The zero-order chi connectivity index (χ0) is 33.5. The van der Waals surface area contributed by atoms with Gasteiger partial charge < -0.3 is 10.6 Å². The van der Waals surface area contributed by atoms with Gasteiger partial charge in [-0.1, -0.05) is 24.3 Å². The van der Waals surface area contributed by atoms with Crippen molar-refractivity contribution in [1.82, 2.24) is 14.8 Å². The van der Waals surface area contributed by atoms with Crippen LogP contribution in [-0.4, -0.2) is 54.3 Å². The Morgan fingerprint density at radius 2 is 1.57 bits per heavy atom. The number of nitrogens with one attached hydrogen (secondary N) is 1. The first-order chi connectivity index (χ1) is 22.4. The number of fused-ring (bicyclic) bond motifs is 1. The molecule has 12 heteroatoms. The predicted molar refractivity (Wildman–Crippen MR) is 176 cm³/mol. The fourth-order valence-corrected chi connectivity index (χ4v) is 7.52. The number of sulfonamides is 1. The zero-order valence-corrected chi connectivity index (χ0v) is 26.4. The molecule has 6 rings (SSSR count). The molecule has 1 aliphatic rings. The van der Waals surface area contributed by atoms with Crippen molar-refractivity contribution in [2.75, 3.05) is 23.5 Å². The number of hydrogen-bond donors (Lipinski definition) is 2. The van der Waals surface area contributed by atoms with Crippen LogP contribution in [0.5, 0.6) is 0 Å². The van der Waals surface area contributed by atoms with Crippen LogP contribution in [-0.2, 0) is 16.6 Å². The normalized spacial score (nSPS) is 17.2. The maximum Gasteiger partial charge on any atom is 0.262 e. The van der Waals surface area contributed by atoms with Gasteiger partial charge in [0.1, 0.15) is 5.82 Å². The van der Waals surface area contributed by atoms with Gasteiger partial charge in [0.25, 0.3) is 15.9 Å². The Kier molecular flexibility index (Phi) is 8.64. The maximum absolute atomic E-state index is 14.3. The average Bonchev–Trinajstić information content (AvgIpc) is 3.04. The Bertz CT molecular complexity index is 2080. The number of benzene rings is 4. The van der Waals surface area contributed by atoms with Crippen LogP contribution in [0.4, 0.5) is 24.5 Å². The highest BCUT2D eigenvalue weighted by molar-refractivity contribution is 7.92. The molecule has 0 aliphatic carbocycles. The number of amides is 1. The molecule has 242 valence electrons. The molecule has 1 saturated heterocycles. The summed E-state index contributed by atoms with van der Waals surface area (Å²) >= 11 is 0. The lowest BCUT2D eigenvalue weighted by Gasteiger charge is -2.44. The van der Waals surface area contributed by atoms with Crippen molar-refractivity contribution in [2.24, 2.45) is 0 Å². The van der Waals surface area contributed by atoms with E-state index in [-0.39, 0.29) is 40.7 Å². The van der Waals surface area contributed by atoms with E-state index in [9.17, 15) is 26.4 Å². The summed E-state index contributed by atoms with van der Waals surface area (Å²) < 4.78 is 72.3. The van der Waals surface area contributed by atoms with Crippen LogP contribution in [0.1, 0.15) is 29.8 Å². The Balaban J connectivity index is 1.19. The molecule has 8 nitrogen and oxygen atoms in total. The summed E-state index contributed by atoms with van der Waals surface area (Å²) in [5.41, 5.74) is 8.38. The van der Waals surface area contributed by atoms with Gasteiger partial charge in [0, 0.05) is 76.9 Å². The van der Waals surface area contributed by atoms with Crippen LogP contribution in [0.15, 0.2) is 96.0 Å². The molecule has 0 bridgehead atoms. The third-order valence-electron chi connectivity index (χ3n) is 8.35. The van der Waals surface area contributed by atoms with Crippen LogP contribution in [0.25, 0.3) is 22.0 Å². The van der Waals surface area contributed by atoms with Crippen LogP contribution < -0.4 is 10.5 Å². The van der Waals surface area contributed by atoms with E-state index >= 15 is 0 Å². The minimum atomic E-state index is -4.10. The van der Waals surface area contributed by atoms with Crippen molar-refractivity contribution in [3.63, 3.8) is 0 Å². The number of rotatable bonds is 7. The third-order valence-corrected chi connectivity index (χ3v) is 9.79. The van der Waals surface area contributed by atoms with Crippen molar-refractivity contribution in [1.29, 1.82) is 0 Å². The van der Waals surface area contributed by atoms with E-state index in [0.717, 1.165) is 17.5 Å². The van der Waals surface area contributed by atoms with Gasteiger partial charge in [-0.25, -0.2) is 21.6 Å². The molecule has 0 saturated carbocycles. The first-order valence-electron chi connectivity index (χ1n) is 15.0. The second-order valence-corrected chi connectivity index (χ2v) is 13.4. The second-order valence-electron chi connectivity index (χ2n) is 11.7. The lowest BCUT2D eigenvalue weighted by Crippen LogP contribution is -2.58. The molecule has 4 aromatic carbocycles. The predicted octanol–water partition coefficient (Wildman–Crippen LogP) is 6.44. The molecule has 5 aromatic rings. The molecular weight excluding hydrogens is 627 g/mol. The highest BCUT2D eigenvalue weighted by atomic mass is 32.2. The summed E-state index contributed by atoms with van der Waals surface area (Å²) in [5, 5.41) is 0.850. The van der Waals surface area contributed by atoms with Crippen LogP contribution in [0.2, 0.25) is 0 Å². The van der Waals surface area contributed by atoms with Crippen molar-refractivity contribution in [3.05, 3.63) is 120 Å². The molecule has 2 unspecified atom stereocenters. The molecule has 1 aromatic heterocycles. The third kappa shape index (κ3) is 6.38. The fraction of sp³-hybridized carbons (Fsp3) is 0.200. The number of nitrogen functional groups attached to an aromatic ring is 1. The van der Waals surface area contributed by atoms with Gasteiger partial charge in [0.15, 0.2) is 11.6 Å². The Labute approximate surface area is 270 Å². The minimum Gasteiger partial charge on any atom is -0.399 e. The standard InChI is InChI=1S/C35H32F3N5O3S/c1-21-18-42(20-29-30(36)13-14-31(37)33(29)38)19-22(2)43(21)35(44)24-8-11-26(12-9-24)41-47(45,46)32-15-10-25(39)17-28(32)27-7-3-5-23-6-4-16-40-34(23)27/h3-17,21-22,41H,18-20,39H2,1-2H3. The number of carbonyl (C=O) groups excluding carboxylic acids is 1. The van der Waals surface area contributed by atoms with E-state index in [1.165, 1.54) is 24.3 Å². The molecule has 1 fully saturated rings. The number of hydrogen-bond acceptors (Lipinski definition) is 6. The molecule has 2 atom stereocenters. The Hall–Kier alpha value is -4.94. The number of carbonyl (C=O) groups is 1. The summed E-state index contributed by atoms with van der Waals surface area (Å²) in [4.78, 5) is 21.5. The maximum atomic E-state index is 14.3. The largest absolute Gasteiger partial charge is 0.399 e. The van der Waals surface area contributed by atoms with Crippen molar-refractivity contribution in [2.45, 2.75) is 37.4 Å². The fourth-order valence-electron chi connectivity index (χ4n) is 6.25. The highest BCUT2D eigenvalue weighted by Gasteiger charge is 2.34. The summed E-state index contributed by atoms with van der Waals surface area (Å²) in [5.74, 6) is -3.42. The number of nitrogens with zero attached hydrogens (tertiary/aromatic N) is 3. The van der Waals surface area contributed by atoms with Crippen molar-refractivity contribution >= 4 is 38.2 Å². The Morgan fingerprint density at radius 1 is 0.894 bits per heavy atom. The van der Waals surface area contributed by atoms with Gasteiger partial charge in [0.05, 0.1) is 10.4 Å². The summed E-state index contributed by atoms with van der Waals surface area (Å²) in [6.07, 6.45) is 1.64. The lowest BCUT2D eigenvalue weighted by atomic mass is 10.0. The number of nitrogens with two attached hydrogens (primary N) is 1. The van der Waals surface area contributed by atoms with Gasteiger partial charge in [-0.05, 0) is 74.5 Å². The van der Waals surface area contributed by atoms with E-state index in [1.807, 2.05) is 32.0 Å². The van der Waals surface area contributed by atoms with Gasteiger partial charge >= 0.3 is 0 Å². The van der Waals surface area contributed by atoms with E-state index < -0.39 is 27.5 Å².